The van der Waals surface area contributed by atoms with Gasteiger partial charge in [0.2, 0.25) is 0 Å². The van der Waals surface area contributed by atoms with Crippen LogP contribution in [-0.2, 0) is 10.2 Å². The molecule has 130 valence electrons. The highest BCUT2D eigenvalue weighted by atomic mass is 16.5. The molecule has 0 atom stereocenters. The molecule has 4 heteroatoms. The van der Waals surface area contributed by atoms with Crippen LogP contribution in [0.3, 0.4) is 0 Å². The minimum Gasteiger partial charge on any atom is -0.382 e. The van der Waals surface area contributed by atoms with E-state index in [4.69, 9.17) is 9.73 Å². The van der Waals surface area contributed by atoms with Crippen molar-refractivity contribution in [2.24, 2.45) is 4.99 Å². The number of rotatable bonds is 10. The standard InChI is InChI=1S/C19H33N3O/c1-5-20-18(21-14-10-11-15-23-6-2)22-16-19(3,4)17-12-8-7-9-13-17/h7-9,12-13H,5-6,10-11,14-16H2,1-4H3,(H2,20,21,22). The fraction of sp³-hybridized carbons (Fsp3) is 0.632. The number of unbranched alkanes of at least 4 members (excludes halogenated alkanes) is 1. The van der Waals surface area contributed by atoms with Gasteiger partial charge in [0.1, 0.15) is 0 Å². The maximum atomic E-state index is 5.36. The van der Waals surface area contributed by atoms with Gasteiger partial charge in [-0.1, -0.05) is 44.2 Å². The van der Waals surface area contributed by atoms with Gasteiger partial charge in [0.15, 0.2) is 5.96 Å². The Bertz CT molecular complexity index is 443. The third-order valence-electron chi connectivity index (χ3n) is 3.74. The number of nitrogens with zero attached hydrogens (tertiary/aromatic N) is 1. The summed E-state index contributed by atoms with van der Waals surface area (Å²) in [6, 6.07) is 10.6. The number of guanidine groups is 1. The molecule has 2 N–H and O–H groups in total. The Labute approximate surface area is 141 Å². The first-order chi connectivity index (χ1) is 11.1. The van der Waals surface area contributed by atoms with Gasteiger partial charge in [-0.3, -0.25) is 4.99 Å². The lowest BCUT2D eigenvalue weighted by atomic mass is 9.85. The van der Waals surface area contributed by atoms with Crippen molar-refractivity contribution in [3.05, 3.63) is 35.9 Å². The van der Waals surface area contributed by atoms with Crippen LogP contribution in [0.1, 0.15) is 46.1 Å². The number of hydrogen-bond acceptors (Lipinski definition) is 2. The predicted molar refractivity (Wildman–Crippen MR) is 99.2 cm³/mol. The molecule has 0 amide bonds. The van der Waals surface area contributed by atoms with Crippen LogP contribution in [-0.4, -0.2) is 38.8 Å². The zero-order chi connectivity index (χ0) is 17.0. The molecule has 23 heavy (non-hydrogen) atoms. The monoisotopic (exact) mass is 319 g/mol. The molecular formula is C19H33N3O. The van der Waals surface area contributed by atoms with Crippen LogP contribution in [0, 0.1) is 0 Å². The summed E-state index contributed by atoms with van der Waals surface area (Å²) in [7, 11) is 0. The molecule has 1 aromatic rings. The summed E-state index contributed by atoms with van der Waals surface area (Å²) < 4.78 is 5.36. The van der Waals surface area contributed by atoms with Gasteiger partial charge in [0.05, 0.1) is 6.54 Å². The van der Waals surface area contributed by atoms with Gasteiger partial charge in [-0.15, -0.1) is 0 Å². The van der Waals surface area contributed by atoms with Crippen LogP contribution in [0.2, 0.25) is 0 Å². The van der Waals surface area contributed by atoms with E-state index >= 15 is 0 Å². The Morgan fingerprint density at radius 3 is 2.48 bits per heavy atom. The van der Waals surface area contributed by atoms with Gasteiger partial charge in [-0.2, -0.15) is 0 Å². The highest BCUT2D eigenvalue weighted by molar-refractivity contribution is 5.79. The number of ether oxygens (including phenoxy) is 1. The maximum Gasteiger partial charge on any atom is 0.191 e. The minimum absolute atomic E-state index is 0.0264. The van der Waals surface area contributed by atoms with Crippen molar-refractivity contribution in [3.8, 4) is 0 Å². The lowest BCUT2D eigenvalue weighted by molar-refractivity contribution is 0.143. The summed E-state index contributed by atoms with van der Waals surface area (Å²) in [6.45, 7) is 12.8. The molecule has 4 nitrogen and oxygen atoms in total. The van der Waals surface area contributed by atoms with Gasteiger partial charge in [-0.25, -0.2) is 0 Å². The van der Waals surface area contributed by atoms with E-state index in [0.29, 0.717) is 0 Å². The van der Waals surface area contributed by atoms with E-state index < -0.39 is 0 Å². The van der Waals surface area contributed by atoms with E-state index in [0.717, 1.165) is 51.6 Å². The van der Waals surface area contributed by atoms with E-state index in [-0.39, 0.29) is 5.41 Å². The summed E-state index contributed by atoms with van der Waals surface area (Å²) in [5.74, 6) is 0.896. The highest BCUT2D eigenvalue weighted by Crippen LogP contribution is 2.22. The third kappa shape index (κ3) is 8.03. The van der Waals surface area contributed by atoms with Crippen molar-refractivity contribution in [1.82, 2.24) is 10.6 Å². The lowest BCUT2D eigenvalue weighted by Crippen LogP contribution is -2.39. The topological polar surface area (TPSA) is 45.7 Å². The van der Waals surface area contributed by atoms with Crippen LogP contribution in [0.4, 0.5) is 0 Å². The van der Waals surface area contributed by atoms with E-state index in [1.165, 1.54) is 5.56 Å². The zero-order valence-electron chi connectivity index (χ0n) is 15.2. The first-order valence-corrected chi connectivity index (χ1v) is 8.75. The Balaban J connectivity index is 2.47. The van der Waals surface area contributed by atoms with E-state index in [1.807, 2.05) is 6.92 Å². The van der Waals surface area contributed by atoms with Crippen molar-refractivity contribution >= 4 is 5.96 Å². The Morgan fingerprint density at radius 2 is 1.83 bits per heavy atom. The second kappa shape index (κ2) is 11.1. The number of hydrogen-bond donors (Lipinski definition) is 2. The summed E-state index contributed by atoms with van der Waals surface area (Å²) in [6.07, 6.45) is 2.17. The highest BCUT2D eigenvalue weighted by Gasteiger charge is 2.19. The third-order valence-corrected chi connectivity index (χ3v) is 3.74. The molecule has 0 unspecified atom stereocenters. The van der Waals surface area contributed by atoms with Crippen molar-refractivity contribution in [2.45, 2.75) is 46.0 Å². The molecular weight excluding hydrogens is 286 g/mol. The van der Waals surface area contributed by atoms with Crippen molar-refractivity contribution in [2.75, 3.05) is 32.8 Å². The van der Waals surface area contributed by atoms with Gasteiger partial charge in [0, 0.05) is 31.7 Å². The van der Waals surface area contributed by atoms with Crippen LogP contribution < -0.4 is 10.6 Å². The molecule has 0 heterocycles. The Kier molecular flexibility index (Phi) is 9.37. The summed E-state index contributed by atoms with van der Waals surface area (Å²) >= 11 is 0. The molecule has 0 fully saturated rings. The normalized spacial score (nSPS) is 12.3. The second-order valence-electron chi connectivity index (χ2n) is 6.28. The molecule has 1 rings (SSSR count). The van der Waals surface area contributed by atoms with Gasteiger partial charge < -0.3 is 15.4 Å². The zero-order valence-corrected chi connectivity index (χ0v) is 15.2. The van der Waals surface area contributed by atoms with Crippen molar-refractivity contribution in [1.29, 1.82) is 0 Å². The molecule has 0 aliphatic heterocycles. The number of aliphatic imine (C=N–C) groups is 1. The van der Waals surface area contributed by atoms with Gasteiger partial charge in [0.25, 0.3) is 0 Å². The fourth-order valence-electron chi connectivity index (χ4n) is 2.28. The number of benzene rings is 1. The summed E-state index contributed by atoms with van der Waals surface area (Å²) in [4.78, 5) is 4.76. The van der Waals surface area contributed by atoms with Crippen molar-refractivity contribution in [3.63, 3.8) is 0 Å². The van der Waals surface area contributed by atoms with E-state index in [2.05, 4.69) is 61.7 Å². The van der Waals surface area contributed by atoms with Crippen LogP contribution in [0.25, 0.3) is 0 Å². The molecule has 0 saturated heterocycles. The first-order valence-electron chi connectivity index (χ1n) is 8.75. The molecule has 0 radical (unpaired) electrons. The molecule has 0 aliphatic rings. The minimum atomic E-state index is 0.0264. The first kappa shape index (κ1) is 19.5. The summed E-state index contributed by atoms with van der Waals surface area (Å²) in [5.41, 5.74) is 1.34. The molecule has 0 saturated carbocycles. The van der Waals surface area contributed by atoms with Crippen LogP contribution >= 0.6 is 0 Å². The Morgan fingerprint density at radius 1 is 1.09 bits per heavy atom. The molecule has 0 spiro atoms. The fourth-order valence-corrected chi connectivity index (χ4v) is 2.28. The van der Waals surface area contributed by atoms with Crippen LogP contribution in [0.5, 0.6) is 0 Å². The molecule has 1 aromatic carbocycles. The lowest BCUT2D eigenvalue weighted by Gasteiger charge is -2.24. The molecule has 0 bridgehead atoms. The number of nitrogens with one attached hydrogen (secondary N) is 2. The van der Waals surface area contributed by atoms with E-state index in [9.17, 15) is 0 Å². The average molecular weight is 319 g/mol. The quantitative estimate of drug-likeness (QED) is 0.395. The second-order valence-corrected chi connectivity index (χ2v) is 6.28. The van der Waals surface area contributed by atoms with Gasteiger partial charge in [-0.05, 0) is 32.3 Å². The van der Waals surface area contributed by atoms with Gasteiger partial charge >= 0.3 is 0 Å². The molecule has 0 aromatic heterocycles. The predicted octanol–water partition coefficient (Wildman–Crippen LogP) is 3.34. The van der Waals surface area contributed by atoms with Crippen molar-refractivity contribution < 1.29 is 4.74 Å². The average Bonchev–Trinajstić information content (AvgIpc) is 2.56. The largest absolute Gasteiger partial charge is 0.382 e. The smallest absolute Gasteiger partial charge is 0.191 e. The Hall–Kier alpha value is -1.55. The van der Waals surface area contributed by atoms with E-state index in [1.54, 1.807) is 0 Å². The van der Waals surface area contributed by atoms with Crippen LogP contribution in [0.15, 0.2) is 35.3 Å². The maximum absolute atomic E-state index is 5.36. The summed E-state index contributed by atoms with van der Waals surface area (Å²) in [5, 5.41) is 6.72. The molecule has 0 aliphatic carbocycles. The SMILES string of the molecule is CCNC(=NCC(C)(C)c1ccccc1)NCCCCOCC.